The van der Waals surface area contributed by atoms with E-state index in [1.54, 1.807) is 0 Å². The molecule has 4 nitrogen and oxygen atoms in total. The molecule has 0 unspecified atom stereocenters. The second-order valence-corrected chi connectivity index (χ2v) is 12.2. The minimum absolute atomic E-state index is 0.0402. The summed E-state index contributed by atoms with van der Waals surface area (Å²) in [7, 11) is 0. The molecular weight excluding hydrogens is 478 g/mol. The zero-order valence-corrected chi connectivity index (χ0v) is 23.4. The molecule has 4 aromatic carbocycles. The molecule has 0 amide bonds. The molecule has 0 aliphatic carbocycles. The Labute approximate surface area is 229 Å². The van der Waals surface area contributed by atoms with Crippen LogP contribution in [0.25, 0.3) is 56.1 Å². The molecular formula is C35H33N3O. The molecule has 0 saturated carbocycles. The lowest BCUT2D eigenvalue weighted by molar-refractivity contribution is 0.557. The lowest BCUT2D eigenvalue weighted by atomic mass is 9.82. The molecule has 0 saturated heterocycles. The van der Waals surface area contributed by atoms with Crippen LogP contribution < -0.4 is 0 Å². The summed E-state index contributed by atoms with van der Waals surface area (Å²) in [5.41, 5.74) is 6.76. The molecule has 0 N–H and O–H groups in total. The van der Waals surface area contributed by atoms with E-state index in [2.05, 4.69) is 71.9 Å². The third kappa shape index (κ3) is 4.50. The minimum atomic E-state index is -0.225. The normalized spacial score (nSPS) is 12.4. The van der Waals surface area contributed by atoms with E-state index in [9.17, 15) is 0 Å². The molecule has 2 heterocycles. The van der Waals surface area contributed by atoms with Crippen molar-refractivity contribution in [3.63, 3.8) is 0 Å². The zero-order chi connectivity index (χ0) is 27.4. The molecule has 0 aliphatic rings. The van der Waals surface area contributed by atoms with Gasteiger partial charge in [0.05, 0.1) is 0 Å². The highest BCUT2D eigenvalue weighted by Gasteiger charge is 2.29. The topological polar surface area (TPSA) is 51.8 Å². The average molecular weight is 512 g/mol. The van der Waals surface area contributed by atoms with Gasteiger partial charge in [-0.25, -0.2) is 15.0 Å². The molecule has 0 bridgehead atoms. The van der Waals surface area contributed by atoms with Gasteiger partial charge in [-0.3, -0.25) is 0 Å². The molecule has 4 heteroatoms. The van der Waals surface area contributed by atoms with Crippen molar-refractivity contribution in [2.75, 3.05) is 0 Å². The van der Waals surface area contributed by atoms with Gasteiger partial charge in [0.25, 0.3) is 0 Å². The molecule has 194 valence electrons. The predicted octanol–water partition coefficient (Wildman–Crippen LogP) is 9.37. The number of hydrogen-bond acceptors (Lipinski definition) is 4. The Kier molecular flexibility index (Phi) is 5.87. The minimum Gasteiger partial charge on any atom is -0.455 e. The van der Waals surface area contributed by atoms with Crippen LogP contribution in [0.3, 0.4) is 0 Å². The summed E-state index contributed by atoms with van der Waals surface area (Å²) in [6, 6.07) is 31.0. The standard InChI is InChI=1S/C35H33N3O/c1-34(2,3)27-19-13-18-24-25-20-21-26(28(35(4,5)6)30(25)39-29(24)27)33-37-31(22-14-9-7-10-15-22)36-32(38-33)23-16-11-8-12-17-23/h7-21H,1-6H3. The van der Waals surface area contributed by atoms with Crippen LogP contribution in [0.15, 0.2) is 95.4 Å². The summed E-state index contributed by atoms with van der Waals surface area (Å²) in [6.45, 7) is 13.4. The van der Waals surface area contributed by atoms with Gasteiger partial charge in [-0.15, -0.1) is 0 Å². The molecule has 0 aliphatic heterocycles. The van der Waals surface area contributed by atoms with Crippen molar-refractivity contribution in [1.29, 1.82) is 0 Å². The van der Waals surface area contributed by atoms with E-state index in [0.29, 0.717) is 17.5 Å². The summed E-state index contributed by atoms with van der Waals surface area (Å²) >= 11 is 0. The molecule has 39 heavy (non-hydrogen) atoms. The molecule has 0 spiro atoms. The van der Waals surface area contributed by atoms with Gasteiger partial charge in [0, 0.05) is 38.6 Å². The first-order chi connectivity index (χ1) is 18.6. The third-order valence-corrected chi connectivity index (χ3v) is 7.17. The second kappa shape index (κ2) is 9.16. The van der Waals surface area contributed by atoms with Crippen molar-refractivity contribution >= 4 is 21.9 Å². The fourth-order valence-electron chi connectivity index (χ4n) is 5.31. The Morgan fingerprint density at radius 2 is 1.03 bits per heavy atom. The molecule has 6 aromatic rings. The number of fused-ring (bicyclic) bond motifs is 3. The van der Waals surface area contributed by atoms with E-state index in [1.807, 2.05) is 60.7 Å². The van der Waals surface area contributed by atoms with Gasteiger partial charge in [0.15, 0.2) is 17.5 Å². The second-order valence-electron chi connectivity index (χ2n) is 12.2. The van der Waals surface area contributed by atoms with Crippen molar-refractivity contribution in [3.05, 3.63) is 102 Å². The van der Waals surface area contributed by atoms with Crippen molar-refractivity contribution in [3.8, 4) is 34.2 Å². The van der Waals surface area contributed by atoms with Gasteiger partial charge in [-0.1, -0.05) is 120 Å². The molecule has 0 radical (unpaired) electrons. The maximum Gasteiger partial charge on any atom is 0.164 e. The first-order valence-electron chi connectivity index (χ1n) is 13.5. The highest BCUT2D eigenvalue weighted by Crippen LogP contribution is 2.43. The summed E-state index contributed by atoms with van der Waals surface area (Å²) in [5, 5.41) is 2.26. The van der Waals surface area contributed by atoms with Crippen molar-refractivity contribution < 1.29 is 4.42 Å². The van der Waals surface area contributed by atoms with Gasteiger partial charge in [0.1, 0.15) is 11.2 Å². The zero-order valence-electron chi connectivity index (χ0n) is 23.4. The third-order valence-electron chi connectivity index (χ3n) is 7.17. The molecule has 2 aromatic heterocycles. The number of benzene rings is 4. The van der Waals surface area contributed by atoms with Crippen molar-refractivity contribution in [2.24, 2.45) is 0 Å². The number of hydrogen-bond donors (Lipinski definition) is 0. The first-order valence-corrected chi connectivity index (χ1v) is 13.5. The fourth-order valence-corrected chi connectivity index (χ4v) is 5.31. The smallest absolute Gasteiger partial charge is 0.164 e. The average Bonchev–Trinajstić information content (AvgIpc) is 3.30. The lowest BCUT2D eigenvalue weighted by Crippen LogP contribution is -2.14. The van der Waals surface area contributed by atoms with Gasteiger partial charge in [-0.2, -0.15) is 0 Å². The monoisotopic (exact) mass is 511 g/mol. The highest BCUT2D eigenvalue weighted by atomic mass is 16.3. The quantitative estimate of drug-likeness (QED) is 0.237. The molecule has 6 rings (SSSR count). The predicted molar refractivity (Wildman–Crippen MR) is 161 cm³/mol. The number of aromatic nitrogens is 3. The van der Waals surface area contributed by atoms with Crippen molar-refractivity contribution in [1.82, 2.24) is 15.0 Å². The fraction of sp³-hybridized carbons (Fsp3) is 0.229. The van der Waals surface area contributed by atoms with E-state index in [1.165, 1.54) is 5.56 Å². The maximum absolute atomic E-state index is 6.79. The van der Waals surface area contributed by atoms with Crippen LogP contribution in [-0.4, -0.2) is 15.0 Å². The van der Waals surface area contributed by atoms with Crippen LogP contribution >= 0.6 is 0 Å². The van der Waals surface area contributed by atoms with Crippen LogP contribution in [0.5, 0.6) is 0 Å². The van der Waals surface area contributed by atoms with Crippen LogP contribution in [0.1, 0.15) is 52.7 Å². The van der Waals surface area contributed by atoms with Crippen LogP contribution in [0.4, 0.5) is 0 Å². The Morgan fingerprint density at radius 1 is 0.487 bits per heavy atom. The van der Waals surface area contributed by atoms with Gasteiger partial charge < -0.3 is 4.42 Å². The summed E-state index contributed by atoms with van der Waals surface area (Å²) in [5.74, 6) is 1.95. The van der Waals surface area contributed by atoms with Crippen LogP contribution in [0.2, 0.25) is 0 Å². The lowest BCUT2D eigenvalue weighted by Gasteiger charge is -2.23. The number of nitrogens with zero attached hydrogens (tertiary/aromatic N) is 3. The molecule has 0 atom stereocenters. The van der Waals surface area contributed by atoms with E-state index in [-0.39, 0.29) is 10.8 Å². The number of para-hydroxylation sites is 1. The number of furan rings is 1. The Morgan fingerprint density at radius 3 is 1.56 bits per heavy atom. The number of rotatable bonds is 3. The summed E-state index contributed by atoms with van der Waals surface area (Å²) < 4.78 is 6.79. The highest BCUT2D eigenvalue weighted by molar-refractivity contribution is 6.08. The van der Waals surface area contributed by atoms with Crippen molar-refractivity contribution in [2.45, 2.75) is 52.4 Å². The van der Waals surface area contributed by atoms with E-state index >= 15 is 0 Å². The van der Waals surface area contributed by atoms with E-state index < -0.39 is 0 Å². The van der Waals surface area contributed by atoms with Gasteiger partial charge >= 0.3 is 0 Å². The maximum atomic E-state index is 6.79. The SMILES string of the molecule is CC(C)(C)c1cccc2c1oc1c(C(C)(C)C)c(-c3nc(-c4ccccc4)nc(-c4ccccc4)n3)ccc12. The van der Waals surface area contributed by atoms with E-state index in [0.717, 1.165) is 44.2 Å². The summed E-state index contributed by atoms with van der Waals surface area (Å²) in [6.07, 6.45) is 0. The Hall–Kier alpha value is -4.31. The van der Waals surface area contributed by atoms with Crippen LogP contribution in [-0.2, 0) is 10.8 Å². The first kappa shape index (κ1) is 25.0. The Bertz CT molecular complexity index is 1750. The van der Waals surface area contributed by atoms with Gasteiger partial charge in [-0.05, 0) is 23.0 Å². The van der Waals surface area contributed by atoms with E-state index in [4.69, 9.17) is 19.4 Å². The largest absolute Gasteiger partial charge is 0.455 e. The summed E-state index contributed by atoms with van der Waals surface area (Å²) in [4.78, 5) is 14.9. The van der Waals surface area contributed by atoms with Crippen LogP contribution in [0, 0.1) is 0 Å². The molecule has 0 fully saturated rings. The Balaban J connectivity index is 1.67. The van der Waals surface area contributed by atoms with Gasteiger partial charge in [0.2, 0.25) is 0 Å².